The van der Waals surface area contributed by atoms with Crippen LogP contribution in [0.2, 0.25) is 0 Å². The van der Waals surface area contributed by atoms with Crippen LogP contribution >= 0.6 is 0 Å². The third kappa shape index (κ3) is 10.7. The number of benzene rings is 6. The molecule has 278 valence electrons. The number of ether oxygens (including phenoxy) is 4. The van der Waals surface area contributed by atoms with E-state index in [1.54, 1.807) is 30.3 Å². The molecule has 0 saturated heterocycles. The van der Waals surface area contributed by atoms with Gasteiger partial charge in [-0.15, -0.1) is 0 Å². The molecule has 0 aromatic heterocycles. The third-order valence-electron chi connectivity index (χ3n) is 8.44. The van der Waals surface area contributed by atoms with Crippen LogP contribution in [-0.2, 0) is 31.2 Å². The van der Waals surface area contributed by atoms with E-state index in [-0.39, 0.29) is 49.1 Å². The molecule has 2 amide bonds. The minimum atomic E-state index is -1.50. The predicted octanol–water partition coefficient (Wildman–Crippen LogP) is 7.62. The van der Waals surface area contributed by atoms with Crippen molar-refractivity contribution in [1.82, 2.24) is 10.6 Å². The van der Waals surface area contributed by atoms with Gasteiger partial charge in [0, 0.05) is 6.54 Å². The largest absolute Gasteiger partial charge is 0.485 e. The fourth-order valence-electron chi connectivity index (χ4n) is 5.57. The number of nitrogens with one attached hydrogen (secondary N) is 2. The van der Waals surface area contributed by atoms with Gasteiger partial charge in [0.15, 0.2) is 23.0 Å². The van der Waals surface area contributed by atoms with Gasteiger partial charge in [-0.25, -0.2) is 4.79 Å². The lowest BCUT2D eigenvalue weighted by Gasteiger charge is -2.20. The van der Waals surface area contributed by atoms with Crippen LogP contribution < -0.4 is 29.6 Å². The van der Waals surface area contributed by atoms with Crippen molar-refractivity contribution in [2.45, 2.75) is 32.5 Å². The standard InChI is InChI=1S/C45H40N2O8/c48-43(36-23-13-25-39(52-28-32-15-5-1-6-16-32)41(36)54-30-34-19-9-3-10-20-34)46-27-38(45(50)51)47-44(49)37-24-14-26-40(53-29-33-17-7-2-8-18-33)42(37)55-31-35-21-11-4-12-22-35/h1-26,38H,27-31H2,(H,46,48)(H,47,49)(H,50,51)/t38-/m1/s1. The van der Waals surface area contributed by atoms with Crippen molar-refractivity contribution in [1.29, 1.82) is 0 Å². The zero-order valence-electron chi connectivity index (χ0n) is 29.9. The molecule has 55 heavy (non-hydrogen) atoms. The summed E-state index contributed by atoms with van der Waals surface area (Å²) in [4.78, 5) is 40.0. The zero-order chi connectivity index (χ0) is 38.2. The molecule has 6 aromatic rings. The average Bonchev–Trinajstić information content (AvgIpc) is 3.23. The fourth-order valence-corrected chi connectivity index (χ4v) is 5.57. The number of carbonyl (C=O) groups excluding carboxylic acids is 2. The number of carbonyl (C=O) groups is 3. The van der Waals surface area contributed by atoms with Crippen molar-refractivity contribution in [3.05, 3.63) is 191 Å². The van der Waals surface area contributed by atoms with E-state index in [2.05, 4.69) is 10.6 Å². The molecule has 6 aromatic carbocycles. The molecule has 6 rings (SSSR count). The lowest BCUT2D eigenvalue weighted by atomic mass is 10.1. The second-order valence-electron chi connectivity index (χ2n) is 12.4. The number of carboxylic acids is 1. The number of aliphatic carboxylic acids is 1. The molecule has 10 heteroatoms. The Morgan fingerprint density at radius 3 is 1.20 bits per heavy atom. The number of para-hydroxylation sites is 2. The van der Waals surface area contributed by atoms with Crippen molar-refractivity contribution < 1.29 is 38.4 Å². The van der Waals surface area contributed by atoms with Crippen molar-refractivity contribution in [2.24, 2.45) is 0 Å². The van der Waals surface area contributed by atoms with Gasteiger partial charge in [-0.2, -0.15) is 0 Å². The molecule has 1 atom stereocenters. The van der Waals surface area contributed by atoms with Gasteiger partial charge in [0.2, 0.25) is 0 Å². The molecule has 0 saturated carbocycles. The molecule has 0 radical (unpaired) electrons. The number of carboxylic acid groups (broad SMARTS) is 1. The van der Waals surface area contributed by atoms with Gasteiger partial charge in [-0.1, -0.05) is 133 Å². The Morgan fingerprint density at radius 2 is 0.818 bits per heavy atom. The van der Waals surface area contributed by atoms with Crippen LogP contribution in [0.4, 0.5) is 0 Å². The molecule has 0 bridgehead atoms. The third-order valence-corrected chi connectivity index (χ3v) is 8.44. The number of hydrogen-bond acceptors (Lipinski definition) is 7. The maximum atomic E-state index is 13.8. The van der Waals surface area contributed by atoms with Gasteiger partial charge >= 0.3 is 5.97 Å². The molecule has 3 N–H and O–H groups in total. The van der Waals surface area contributed by atoms with Gasteiger partial charge in [0.05, 0.1) is 11.1 Å². The van der Waals surface area contributed by atoms with Crippen molar-refractivity contribution >= 4 is 17.8 Å². The van der Waals surface area contributed by atoms with Crippen LogP contribution in [0.1, 0.15) is 43.0 Å². The van der Waals surface area contributed by atoms with Gasteiger partial charge in [-0.05, 0) is 46.5 Å². The molecule has 0 aliphatic carbocycles. The normalized spacial score (nSPS) is 11.1. The quantitative estimate of drug-likeness (QED) is 0.0822. The van der Waals surface area contributed by atoms with E-state index in [0.29, 0.717) is 11.5 Å². The number of rotatable bonds is 18. The van der Waals surface area contributed by atoms with E-state index in [4.69, 9.17) is 18.9 Å². The van der Waals surface area contributed by atoms with Crippen LogP contribution in [-0.4, -0.2) is 35.5 Å². The monoisotopic (exact) mass is 736 g/mol. The van der Waals surface area contributed by atoms with E-state index in [1.165, 1.54) is 6.07 Å². The first-order chi connectivity index (χ1) is 26.9. The molecule has 0 spiro atoms. The molecule has 10 nitrogen and oxygen atoms in total. The summed E-state index contributed by atoms with van der Waals surface area (Å²) in [7, 11) is 0. The smallest absolute Gasteiger partial charge is 0.328 e. The minimum absolute atomic E-state index is 0.0685. The summed E-state index contributed by atoms with van der Waals surface area (Å²) in [5, 5.41) is 15.4. The van der Waals surface area contributed by atoms with Gasteiger partial charge < -0.3 is 34.7 Å². The van der Waals surface area contributed by atoms with Crippen LogP contribution in [0, 0.1) is 0 Å². The zero-order valence-corrected chi connectivity index (χ0v) is 29.9. The molecule has 0 heterocycles. The molecular formula is C45H40N2O8. The summed E-state index contributed by atoms with van der Waals surface area (Å²) >= 11 is 0. The number of amides is 2. The molecule has 0 fully saturated rings. The predicted molar refractivity (Wildman–Crippen MR) is 207 cm³/mol. The van der Waals surface area contributed by atoms with E-state index < -0.39 is 30.4 Å². The Morgan fingerprint density at radius 1 is 0.455 bits per heavy atom. The topological polar surface area (TPSA) is 132 Å². The first-order valence-corrected chi connectivity index (χ1v) is 17.7. The van der Waals surface area contributed by atoms with Crippen LogP contribution in [0.15, 0.2) is 158 Å². The Hall–Kier alpha value is -7.07. The second-order valence-corrected chi connectivity index (χ2v) is 12.4. The van der Waals surface area contributed by atoms with E-state index >= 15 is 0 Å². The van der Waals surface area contributed by atoms with Crippen molar-refractivity contribution in [3.8, 4) is 23.0 Å². The SMILES string of the molecule is O=C(NC[C@@H](NC(=O)c1cccc(OCc2ccccc2)c1OCc1ccccc1)C(=O)O)c1cccc(OCc2ccccc2)c1OCc1ccccc1. The minimum Gasteiger partial charge on any atom is -0.485 e. The average molecular weight is 737 g/mol. The number of hydrogen-bond donors (Lipinski definition) is 3. The summed E-state index contributed by atoms with van der Waals surface area (Å²) in [6.07, 6.45) is 0. The Balaban J connectivity index is 1.18. The van der Waals surface area contributed by atoms with Gasteiger partial charge in [0.25, 0.3) is 11.8 Å². The Bertz CT molecular complexity index is 2160. The first kappa shape index (κ1) is 37.7. The van der Waals surface area contributed by atoms with Crippen LogP contribution in [0.25, 0.3) is 0 Å². The molecule has 0 unspecified atom stereocenters. The summed E-state index contributed by atoms with van der Waals surface area (Å²) in [5.41, 5.74) is 3.78. The van der Waals surface area contributed by atoms with Crippen LogP contribution in [0.5, 0.6) is 23.0 Å². The van der Waals surface area contributed by atoms with Crippen molar-refractivity contribution in [2.75, 3.05) is 6.54 Å². The van der Waals surface area contributed by atoms with E-state index in [0.717, 1.165) is 22.3 Å². The molecule has 0 aliphatic heterocycles. The van der Waals surface area contributed by atoms with Gasteiger partial charge in [0.1, 0.15) is 32.5 Å². The maximum absolute atomic E-state index is 13.8. The van der Waals surface area contributed by atoms with E-state index in [1.807, 2.05) is 121 Å². The first-order valence-electron chi connectivity index (χ1n) is 17.7. The van der Waals surface area contributed by atoms with Crippen LogP contribution in [0.3, 0.4) is 0 Å². The Labute approximate surface area is 319 Å². The molecular weight excluding hydrogens is 697 g/mol. The molecule has 0 aliphatic rings. The van der Waals surface area contributed by atoms with E-state index in [9.17, 15) is 19.5 Å². The highest BCUT2D eigenvalue weighted by atomic mass is 16.5. The second kappa shape index (κ2) is 19.1. The highest BCUT2D eigenvalue weighted by molar-refractivity contribution is 6.00. The summed E-state index contributed by atoms with van der Waals surface area (Å²) < 4.78 is 24.5. The highest BCUT2D eigenvalue weighted by Crippen LogP contribution is 2.34. The summed E-state index contributed by atoms with van der Waals surface area (Å²) in [5.74, 6) is -1.69. The lowest BCUT2D eigenvalue weighted by molar-refractivity contribution is -0.139. The Kier molecular flexibility index (Phi) is 13.1. The lowest BCUT2D eigenvalue weighted by Crippen LogP contribution is -2.48. The summed E-state index contributed by atoms with van der Waals surface area (Å²) in [6, 6.07) is 46.3. The van der Waals surface area contributed by atoms with Crippen molar-refractivity contribution in [3.63, 3.8) is 0 Å². The maximum Gasteiger partial charge on any atom is 0.328 e. The fraction of sp³-hybridized carbons (Fsp3) is 0.133. The highest BCUT2D eigenvalue weighted by Gasteiger charge is 2.26. The summed E-state index contributed by atoms with van der Waals surface area (Å²) in [6.45, 7) is 0.304. The van der Waals surface area contributed by atoms with Gasteiger partial charge in [-0.3, -0.25) is 9.59 Å².